The van der Waals surface area contributed by atoms with Gasteiger partial charge in [0.05, 0.1) is 12.7 Å². The van der Waals surface area contributed by atoms with Crippen molar-refractivity contribution in [1.82, 2.24) is 0 Å². The van der Waals surface area contributed by atoms with Gasteiger partial charge in [0.2, 0.25) is 0 Å². The second-order valence-corrected chi connectivity index (χ2v) is 6.54. The summed E-state index contributed by atoms with van der Waals surface area (Å²) in [5, 5.41) is 12.1. The molecule has 102 valence electrons. The van der Waals surface area contributed by atoms with Crippen LogP contribution < -0.4 is 4.74 Å². The van der Waals surface area contributed by atoms with E-state index in [1.807, 2.05) is 6.07 Å². The van der Waals surface area contributed by atoms with E-state index in [1.165, 1.54) is 22.9 Å². The van der Waals surface area contributed by atoms with E-state index < -0.39 is 5.60 Å². The minimum absolute atomic E-state index is 0.604. The zero-order chi connectivity index (χ0) is 13.3. The van der Waals surface area contributed by atoms with Crippen LogP contribution in [0.4, 0.5) is 0 Å². The Morgan fingerprint density at radius 2 is 1.84 bits per heavy atom. The third-order valence-corrected chi connectivity index (χ3v) is 5.41. The molecule has 0 radical (unpaired) electrons. The van der Waals surface area contributed by atoms with Crippen LogP contribution in [0, 0.1) is 0 Å². The number of rotatable bonds is 2. The molecular weight excluding hydrogens is 256 g/mol. The van der Waals surface area contributed by atoms with E-state index in [0.717, 1.165) is 36.3 Å². The van der Waals surface area contributed by atoms with Gasteiger partial charge in [0.15, 0.2) is 0 Å². The summed E-state index contributed by atoms with van der Waals surface area (Å²) in [7, 11) is 1.69. The molecule has 1 heterocycles. The van der Waals surface area contributed by atoms with Gasteiger partial charge in [-0.25, -0.2) is 0 Å². The van der Waals surface area contributed by atoms with Crippen molar-refractivity contribution in [2.24, 2.45) is 0 Å². The van der Waals surface area contributed by atoms with E-state index in [1.54, 1.807) is 18.4 Å². The number of fused-ring (bicyclic) bond motifs is 1. The quantitative estimate of drug-likeness (QED) is 0.821. The fraction of sp³-hybridized carbons (Fsp3) is 0.500. The van der Waals surface area contributed by atoms with Crippen LogP contribution in [0.2, 0.25) is 0 Å². The van der Waals surface area contributed by atoms with Crippen LogP contribution in [0.15, 0.2) is 24.3 Å². The third kappa shape index (κ3) is 2.49. The van der Waals surface area contributed by atoms with Gasteiger partial charge < -0.3 is 9.84 Å². The Bertz CT molecular complexity index is 565. The van der Waals surface area contributed by atoms with E-state index in [9.17, 15) is 5.11 Å². The Morgan fingerprint density at radius 1 is 1.11 bits per heavy atom. The molecule has 1 saturated carbocycles. The summed E-state index contributed by atoms with van der Waals surface area (Å²) in [6.45, 7) is 0. The first-order valence-corrected chi connectivity index (χ1v) is 7.83. The van der Waals surface area contributed by atoms with E-state index in [4.69, 9.17) is 4.74 Å². The van der Waals surface area contributed by atoms with Gasteiger partial charge in [-0.1, -0.05) is 25.7 Å². The summed E-state index contributed by atoms with van der Waals surface area (Å²) < 4.78 is 6.47. The molecule has 1 aromatic carbocycles. The standard InChI is InChI=1S/C16H20O2S/c1-18-13-7-6-12-10-15(19-14(12)11-13)16(17)8-4-2-3-5-9-16/h6-7,10-11,17H,2-5,8-9H2,1H3. The summed E-state index contributed by atoms with van der Waals surface area (Å²) >= 11 is 1.71. The Hall–Kier alpha value is -1.06. The number of hydrogen-bond donors (Lipinski definition) is 1. The Balaban J connectivity index is 1.99. The number of hydrogen-bond acceptors (Lipinski definition) is 3. The lowest BCUT2D eigenvalue weighted by Gasteiger charge is -2.25. The third-order valence-electron chi connectivity index (χ3n) is 4.12. The van der Waals surface area contributed by atoms with Crippen molar-refractivity contribution in [2.45, 2.75) is 44.1 Å². The van der Waals surface area contributed by atoms with Gasteiger partial charge in [0.1, 0.15) is 5.75 Å². The lowest BCUT2D eigenvalue weighted by Crippen LogP contribution is -2.23. The molecule has 0 spiro atoms. The molecule has 1 aliphatic carbocycles. The molecule has 2 aromatic rings. The van der Waals surface area contributed by atoms with E-state index >= 15 is 0 Å². The van der Waals surface area contributed by atoms with Gasteiger partial charge in [-0.2, -0.15) is 0 Å². The number of thiophene rings is 1. The number of ether oxygens (including phenoxy) is 1. The number of benzene rings is 1. The van der Waals surface area contributed by atoms with Gasteiger partial charge in [0.25, 0.3) is 0 Å². The highest BCUT2D eigenvalue weighted by molar-refractivity contribution is 7.19. The first kappa shape index (κ1) is 12.9. The SMILES string of the molecule is COc1ccc2cc(C3(O)CCCCCC3)sc2c1. The average molecular weight is 276 g/mol. The van der Waals surface area contributed by atoms with Gasteiger partial charge in [0, 0.05) is 9.58 Å². The summed E-state index contributed by atoms with van der Waals surface area (Å²) in [5.74, 6) is 0.883. The molecule has 1 aromatic heterocycles. The lowest BCUT2D eigenvalue weighted by molar-refractivity contribution is 0.0245. The van der Waals surface area contributed by atoms with Gasteiger partial charge in [-0.05, 0) is 42.5 Å². The van der Waals surface area contributed by atoms with Crippen molar-refractivity contribution < 1.29 is 9.84 Å². The molecule has 0 aliphatic heterocycles. The summed E-state index contributed by atoms with van der Waals surface area (Å²) in [4.78, 5) is 1.12. The molecule has 1 fully saturated rings. The molecule has 3 rings (SSSR count). The topological polar surface area (TPSA) is 29.5 Å². The van der Waals surface area contributed by atoms with E-state index in [2.05, 4.69) is 18.2 Å². The van der Waals surface area contributed by atoms with Gasteiger partial charge >= 0.3 is 0 Å². The lowest BCUT2D eigenvalue weighted by atomic mass is 9.92. The minimum Gasteiger partial charge on any atom is -0.497 e. The summed E-state index contributed by atoms with van der Waals surface area (Å²) in [5.41, 5.74) is -0.604. The second-order valence-electron chi connectivity index (χ2n) is 5.46. The molecule has 1 N–H and O–H groups in total. The van der Waals surface area contributed by atoms with Gasteiger partial charge in [-0.3, -0.25) is 0 Å². The first-order chi connectivity index (χ1) is 9.21. The molecule has 0 bridgehead atoms. The molecule has 0 amide bonds. The monoisotopic (exact) mass is 276 g/mol. The largest absolute Gasteiger partial charge is 0.497 e. The predicted octanol–water partition coefficient (Wildman–Crippen LogP) is 4.45. The number of methoxy groups -OCH3 is 1. The van der Waals surface area contributed by atoms with Crippen molar-refractivity contribution in [3.05, 3.63) is 29.1 Å². The predicted molar refractivity (Wildman–Crippen MR) is 80.0 cm³/mol. The second kappa shape index (κ2) is 5.14. The van der Waals surface area contributed by atoms with E-state index in [0.29, 0.717) is 0 Å². The molecular formula is C16H20O2S. The normalized spacial score (nSPS) is 19.3. The van der Waals surface area contributed by atoms with Crippen LogP contribution in [-0.2, 0) is 5.60 Å². The summed E-state index contributed by atoms with van der Waals surface area (Å²) in [6, 6.07) is 8.28. The van der Waals surface area contributed by atoms with Crippen molar-refractivity contribution in [2.75, 3.05) is 7.11 Å². The molecule has 2 nitrogen and oxygen atoms in total. The van der Waals surface area contributed by atoms with Crippen molar-refractivity contribution in [3.8, 4) is 5.75 Å². The highest BCUT2D eigenvalue weighted by atomic mass is 32.1. The summed E-state index contributed by atoms with van der Waals surface area (Å²) in [6.07, 6.45) is 6.57. The first-order valence-electron chi connectivity index (χ1n) is 7.02. The maximum Gasteiger partial charge on any atom is 0.120 e. The molecule has 0 unspecified atom stereocenters. The van der Waals surface area contributed by atoms with Crippen LogP contribution in [0.3, 0.4) is 0 Å². The molecule has 0 saturated heterocycles. The van der Waals surface area contributed by atoms with Crippen LogP contribution in [0.25, 0.3) is 10.1 Å². The van der Waals surface area contributed by atoms with E-state index in [-0.39, 0.29) is 0 Å². The Labute approximate surface area is 118 Å². The minimum atomic E-state index is -0.604. The van der Waals surface area contributed by atoms with Crippen LogP contribution >= 0.6 is 11.3 Å². The molecule has 0 atom stereocenters. The van der Waals surface area contributed by atoms with Crippen molar-refractivity contribution >= 4 is 21.4 Å². The fourth-order valence-corrected chi connectivity index (χ4v) is 4.16. The highest BCUT2D eigenvalue weighted by Crippen LogP contribution is 2.41. The molecule has 1 aliphatic rings. The highest BCUT2D eigenvalue weighted by Gasteiger charge is 2.31. The maximum atomic E-state index is 10.9. The van der Waals surface area contributed by atoms with Crippen LogP contribution in [0.1, 0.15) is 43.4 Å². The molecule has 19 heavy (non-hydrogen) atoms. The fourth-order valence-electron chi connectivity index (χ4n) is 2.93. The van der Waals surface area contributed by atoms with Crippen molar-refractivity contribution in [1.29, 1.82) is 0 Å². The Kier molecular flexibility index (Phi) is 3.50. The Morgan fingerprint density at radius 3 is 2.53 bits per heavy atom. The van der Waals surface area contributed by atoms with Gasteiger partial charge in [-0.15, -0.1) is 11.3 Å². The zero-order valence-corrected chi connectivity index (χ0v) is 12.1. The average Bonchev–Trinajstić information content (AvgIpc) is 2.74. The van der Waals surface area contributed by atoms with Crippen LogP contribution in [-0.4, -0.2) is 12.2 Å². The number of aliphatic hydroxyl groups is 1. The smallest absolute Gasteiger partial charge is 0.120 e. The van der Waals surface area contributed by atoms with Crippen LogP contribution in [0.5, 0.6) is 5.75 Å². The van der Waals surface area contributed by atoms with Crippen molar-refractivity contribution in [3.63, 3.8) is 0 Å². The zero-order valence-electron chi connectivity index (χ0n) is 11.3. The molecule has 3 heteroatoms. The maximum absolute atomic E-state index is 10.9.